The smallest absolute Gasteiger partial charge is 0.0644 e. The SMILES string of the molecule is Cc1nn(C)c(C)c1C(C)NCCN(C)C(C)C. The Balaban J connectivity index is 2.53. The average Bonchev–Trinajstić information content (AvgIpc) is 2.52. The normalized spacial score (nSPS) is 13.6. The third-order valence-electron chi connectivity index (χ3n) is 3.79. The first-order valence-corrected chi connectivity index (χ1v) is 6.78. The van der Waals surface area contributed by atoms with E-state index in [4.69, 9.17) is 0 Å². The monoisotopic (exact) mass is 252 g/mol. The van der Waals surface area contributed by atoms with E-state index in [9.17, 15) is 0 Å². The maximum absolute atomic E-state index is 4.47. The molecule has 1 rings (SSSR count). The highest BCUT2D eigenvalue weighted by atomic mass is 15.3. The van der Waals surface area contributed by atoms with Crippen molar-refractivity contribution in [3.8, 4) is 0 Å². The van der Waals surface area contributed by atoms with Crippen LogP contribution >= 0.6 is 0 Å². The van der Waals surface area contributed by atoms with Gasteiger partial charge in [0.1, 0.15) is 0 Å². The number of nitrogens with zero attached hydrogens (tertiary/aromatic N) is 3. The van der Waals surface area contributed by atoms with Gasteiger partial charge in [-0.3, -0.25) is 4.68 Å². The lowest BCUT2D eigenvalue weighted by Gasteiger charge is -2.22. The number of rotatable bonds is 6. The summed E-state index contributed by atoms with van der Waals surface area (Å²) in [6, 6.07) is 0.961. The summed E-state index contributed by atoms with van der Waals surface area (Å²) < 4.78 is 1.96. The molecule has 1 aromatic rings. The molecule has 1 heterocycles. The lowest BCUT2D eigenvalue weighted by Crippen LogP contribution is -2.34. The first-order valence-electron chi connectivity index (χ1n) is 6.78. The molecule has 0 aliphatic carbocycles. The van der Waals surface area contributed by atoms with Crippen molar-refractivity contribution in [2.75, 3.05) is 20.1 Å². The van der Waals surface area contributed by atoms with Gasteiger partial charge in [-0.15, -0.1) is 0 Å². The van der Waals surface area contributed by atoms with Gasteiger partial charge in [0, 0.05) is 43.5 Å². The third kappa shape index (κ3) is 3.56. The predicted octanol–water partition coefficient (Wildman–Crippen LogP) is 2.03. The van der Waals surface area contributed by atoms with E-state index >= 15 is 0 Å². The Morgan fingerprint density at radius 3 is 2.33 bits per heavy atom. The first kappa shape index (κ1) is 15.2. The van der Waals surface area contributed by atoms with Crippen LogP contribution in [-0.4, -0.2) is 40.9 Å². The summed E-state index contributed by atoms with van der Waals surface area (Å²) in [5.41, 5.74) is 3.72. The van der Waals surface area contributed by atoms with Crippen LogP contribution in [0.15, 0.2) is 0 Å². The maximum atomic E-state index is 4.47. The number of likely N-dealkylation sites (N-methyl/N-ethyl adjacent to an activating group) is 1. The van der Waals surface area contributed by atoms with E-state index in [2.05, 4.69) is 57.0 Å². The Labute approximate surface area is 111 Å². The minimum absolute atomic E-state index is 0.360. The highest BCUT2D eigenvalue weighted by molar-refractivity contribution is 5.27. The fraction of sp³-hybridized carbons (Fsp3) is 0.786. The molecule has 0 radical (unpaired) electrons. The van der Waals surface area contributed by atoms with Crippen LogP contribution in [0.25, 0.3) is 0 Å². The molecule has 0 aliphatic heterocycles. The quantitative estimate of drug-likeness (QED) is 0.841. The molecule has 1 N–H and O–H groups in total. The van der Waals surface area contributed by atoms with Crippen LogP contribution in [-0.2, 0) is 7.05 Å². The first-order chi connectivity index (χ1) is 8.34. The zero-order chi connectivity index (χ0) is 13.9. The Hall–Kier alpha value is -0.870. The molecule has 0 aliphatic rings. The molecule has 0 saturated heterocycles. The number of hydrogen-bond acceptors (Lipinski definition) is 3. The summed E-state index contributed by atoms with van der Waals surface area (Å²) >= 11 is 0. The summed E-state index contributed by atoms with van der Waals surface area (Å²) in [4.78, 5) is 2.35. The Morgan fingerprint density at radius 2 is 1.89 bits per heavy atom. The van der Waals surface area contributed by atoms with Gasteiger partial charge in [0.05, 0.1) is 5.69 Å². The van der Waals surface area contributed by atoms with Crippen molar-refractivity contribution in [1.29, 1.82) is 0 Å². The van der Waals surface area contributed by atoms with Crippen molar-refractivity contribution >= 4 is 0 Å². The van der Waals surface area contributed by atoms with Crippen LogP contribution in [0.3, 0.4) is 0 Å². The fourth-order valence-corrected chi connectivity index (χ4v) is 2.23. The topological polar surface area (TPSA) is 33.1 Å². The second-order valence-corrected chi connectivity index (χ2v) is 5.46. The molecule has 18 heavy (non-hydrogen) atoms. The summed E-state index contributed by atoms with van der Waals surface area (Å²) in [6.07, 6.45) is 0. The highest BCUT2D eigenvalue weighted by Gasteiger charge is 2.15. The molecule has 0 spiro atoms. The van der Waals surface area contributed by atoms with E-state index in [1.807, 2.05) is 11.7 Å². The van der Waals surface area contributed by atoms with Gasteiger partial charge in [-0.2, -0.15) is 5.10 Å². The molecule has 104 valence electrons. The molecule has 0 saturated carbocycles. The minimum Gasteiger partial charge on any atom is -0.309 e. The van der Waals surface area contributed by atoms with Gasteiger partial charge < -0.3 is 10.2 Å². The Morgan fingerprint density at radius 1 is 1.28 bits per heavy atom. The number of aromatic nitrogens is 2. The lowest BCUT2D eigenvalue weighted by molar-refractivity contribution is 0.270. The van der Waals surface area contributed by atoms with Crippen LogP contribution in [0.5, 0.6) is 0 Å². The number of aryl methyl sites for hydroxylation is 2. The standard InChI is InChI=1S/C14H28N4/c1-10(2)17(6)9-8-15-11(3)14-12(4)16-18(7)13(14)5/h10-11,15H,8-9H2,1-7H3. The van der Waals surface area contributed by atoms with E-state index in [-0.39, 0.29) is 0 Å². The summed E-state index contributed by atoms with van der Waals surface area (Å²) in [6.45, 7) is 12.9. The van der Waals surface area contributed by atoms with Gasteiger partial charge in [-0.25, -0.2) is 0 Å². The fourth-order valence-electron chi connectivity index (χ4n) is 2.23. The van der Waals surface area contributed by atoms with E-state index < -0.39 is 0 Å². The second kappa shape index (κ2) is 6.34. The van der Waals surface area contributed by atoms with Crippen molar-refractivity contribution in [1.82, 2.24) is 20.0 Å². The van der Waals surface area contributed by atoms with Crippen LogP contribution < -0.4 is 5.32 Å². The van der Waals surface area contributed by atoms with Crippen molar-refractivity contribution in [3.05, 3.63) is 17.0 Å². The molecule has 0 fully saturated rings. The van der Waals surface area contributed by atoms with E-state index in [1.165, 1.54) is 11.3 Å². The molecule has 0 bridgehead atoms. The predicted molar refractivity (Wildman–Crippen MR) is 76.9 cm³/mol. The molecule has 0 aromatic carbocycles. The summed E-state index contributed by atoms with van der Waals surface area (Å²) in [7, 11) is 4.17. The van der Waals surface area contributed by atoms with Crippen molar-refractivity contribution in [2.45, 2.75) is 46.7 Å². The van der Waals surface area contributed by atoms with Gasteiger partial charge >= 0.3 is 0 Å². The molecule has 1 atom stereocenters. The van der Waals surface area contributed by atoms with Gasteiger partial charge in [-0.05, 0) is 41.7 Å². The van der Waals surface area contributed by atoms with Crippen molar-refractivity contribution in [3.63, 3.8) is 0 Å². The Bertz CT molecular complexity index is 381. The van der Waals surface area contributed by atoms with Crippen LogP contribution in [0, 0.1) is 13.8 Å². The zero-order valence-electron chi connectivity index (χ0n) is 12.9. The van der Waals surface area contributed by atoms with Gasteiger partial charge in [0.15, 0.2) is 0 Å². The summed E-state index contributed by atoms with van der Waals surface area (Å²) in [5, 5.41) is 8.05. The van der Waals surface area contributed by atoms with Crippen LogP contribution in [0.4, 0.5) is 0 Å². The van der Waals surface area contributed by atoms with E-state index in [0.29, 0.717) is 12.1 Å². The van der Waals surface area contributed by atoms with E-state index in [1.54, 1.807) is 0 Å². The molecular weight excluding hydrogens is 224 g/mol. The highest BCUT2D eigenvalue weighted by Crippen LogP contribution is 2.20. The molecule has 1 unspecified atom stereocenters. The van der Waals surface area contributed by atoms with Gasteiger partial charge in [-0.1, -0.05) is 0 Å². The molecule has 4 nitrogen and oxygen atoms in total. The minimum atomic E-state index is 0.360. The third-order valence-corrected chi connectivity index (χ3v) is 3.79. The van der Waals surface area contributed by atoms with Crippen molar-refractivity contribution in [2.24, 2.45) is 7.05 Å². The lowest BCUT2D eigenvalue weighted by atomic mass is 10.1. The second-order valence-electron chi connectivity index (χ2n) is 5.46. The molecule has 1 aromatic heterocycles. The number of hydrogen-bond donors (Lipinski definition) is 1. The van der Waals surface area contributed by atoms with Crippen LogP contribution in [0.1, 0.15) is 43.8 Å². The van der Waals surface area contributed by atoms with Crippen molar-refractivity contribution < 1.29 is 0 Å². The van der Waals surface area contributed by atoms with Crippen LogP contribution in [0.2, 0.25) is 0 Å². The largest absolute Gasteiger partial charge is 0.309 e. The molecule has 4 heteroatoms. The van der Waals surface area contributed by atoms with Gasteiger partial charge in [0.2, 0.25) is 0 Å². The average molecular weight is 252 g/mol. The van der Waals surface area contributed by atoms with Gasteiger partial charge in [0.25, 0.3) is 0 Å². The van der Waals surface area contributed by atoms with E-state index in [0.717, 1.165) is 18.8 Å². The maximum Gasteiger partial charge on any atom is 0.0644 e. The number of nitrogens with one attached hydrogen (secondary N) is 1. The zero-order valence-corrected chi connectivity index (χ0v) is 12.9. The molecule has 0 amide bonds. The molecular formula is C14H28N4. The Kier molecular flexibility index (Phi) is 5.35. The summed E-state index contributed by atoms with van der Waals surface area (Å²) in [5.74, 6) is 0.